The van der Waals surface area contributed by atoms with Crippen LogP contribution in [0.3, 0.4) is 0 Å². The Hall–Kier alpha value is -1.92. The summed E-state index contributed by atoms with van der Waals surface area (Å²) in [6.07, 6.45) is 0. The Bertz CT molecular complexity index is 643. The third-order valence-electron chi connectivity index (χ3n) is 2.72. The van der Waals surface area contributed by atoms with Crippen LogP contribution in [0.4, 0.5) is 5.69 Å². The molecule has 0 unspecified atom stereocenters. The first-order chi connectivity index (χ1) is 9.50. The average molecular weight is 311 g/mol. The molecule has 2 aromatic rings. The van der Waals surface area contributed by atoms with Gasteiger partial charge in [-0.1, -0.05) is 23.7 Å². The predicted molar refractivity (Wildman–Crippen MR) is 78.2 cm³/mol. The average Bonchev–Trinajstić information content (AvgIpc) is 2.89. The van der Waals surface area contributed by atoms with E-state index in [1.165, 1.54) is 34.4 Å². The highest BCUT2D eigenvalue weighted by Gasteiger charge is 2.25. The summed E-state index contributed by atoms with van der Waals surface area (Å²) in [5.41, 5.74) is -0.348. The molecule has 5 nitrogen and oxygen atoms in total. The Labute approximate surface area is 124 Å². The number of thiophene rings is 1. The third kappa shape index (κ3) is 2.97. The van der Waals surface area contributed by atoms with Gasteiger partial charge in [0.25, 0.3) is 5.91 Å². The van der Waals surface area contributed by atoms with Gasteiger partial charge in [0.2, 0.25) is 0 Å². The molecule has 104 valence electrons. The largest absolute Gasteiger partial charge is 0.336 e. The minimum atomic E-state index is -0.630. The third-order valence-corrected chi connectivity index (χ3v) is 3.89. The lowest BCUT2D eigenvalue weighted by atomic mass is 10.1. The molecular formula is C13H11ClN2O3S. The Morgan fingerprint density at radius 2 is 2.15 bits per heavy atom. The molecule has 0 radical (unpaired) electrons. The van der Waals surface area contributed by atoms with Crippen LogP contribution in [0.2, 0.25) is 5.02 Å². The van der Waals surface area contributed by atoms with Crippen LogP contribution in [0.15, 0.2) is 35.7 Å². The summed E-state index contributed by atoms with van der Waals surface area (Å²) in [5.74, 6) is -0.424. The van der Waals surface area contributed by atoms with Gasteiger partial charge in [-0.25, -0.2) is 0 Å². The first kappa shape index (κ1) is 14.5. The number of halogens is 1. The number of nitrogens with zero attached hydrogens (tertiary/aromatic N) is 2. The van der Waals surface area contributed by atoms with Crippen molar-refractivity contribution in [1.82, 2.24) is 4.90 Å². The zero-order chi connectivity index (χ0) is 14.7. The molecule has 0 saturated carbocycles. The number of amides is 1. The Morgan fingerprint density at radius 1 is 1.40 bits per heavy atom. The van der Waals surface area contributed by atoms with Crippen LogP contribution < -0.4 is 0 Å². The van der Waals surface area contributed by atoms with Crippen LogP contribution in [0.25, 0.3) is 0 Å². The van der Waals surface area contributed by atoms with E-state index in [-0.39, 0.29) is 16.3 Å². The van der Waals surface area contributed by atoms with Crippen LogP contribution >= 0.6 is 22.9 Å². The predicted octanol–water partition coefficient (Wildman–Crippen LogP) is 3.58. The van der Waals surface area contributed by atoms with E-state index in [2.05, 4.69) is 0 Å². The highest BCUT2D eigenvalue weighted by Crippen LogP contribution is 2.29. The normalized spacial score (nSPS) is 10.3. The van der Waals surface area contributed by atoms with Crippen molar-refractivity contribution in [3.8, 4) is 0 Å². The molecule has 7 heteroatoms. The maximum atomic E-state index is 12.3. The fourth-order valence-corrected chi connectivity index (χ4v) is 2.79. The SMILES string of the molecule is CN(Cc1cccs1)C(=O)c1cccc(Cl)c1[N+](=O)[O-]. The van der Waals surface area contributed by atoms with E-state index in [9.17, 15) is 14.9 Å². The van der Waals surface area contributed by atoms with Gasteiger partial charge >= 0.3 is 5.69 Å². The molecule has 20 heavy (non-hydrogen) atoms. The lowest BCUT2D eigenvalue weighted by Gasteiger charge is -2.16. The zero-order valence-corrected chi connectivity index (χ0v) is 12.1. The topological polar surface area (TPSA) is 63.5 Å². The van der Waals surface area contributed by atoms with Gasteiger partial charge in [-0.15, -0.1) is 11.3 Å². The monoisotopic (exact) mass is 310 g/mol. The highest BCUT2D eigenvalue weighted by atomic mass is 35.5. The van der Waals surface area contributed by atoms with Gasteiger partial charge in [0.15, 0.2) is 0 Å². The molecule has 0 bridgehead atoms. The number of nitro benzene ring substituents is 1. The molecule has 1 aromatic carbocycles. The fraction of sp³-hybridized carbons (Fsp3) is 0.154. The minimum Gasteiger partial charge on any atom is -0.336 e. The first-order valence-corrected chi connectivity index (χ1v) is 6.97. The van der Waals surface area contributed by atoms with E-state index in [0.717, 1.165) is 4.88 Å². The van der Waals surface area contributed by atoms with E-state index in [0.29, 0.717) is 6.54 Å². The summed E-state index contributed by atoms with van der Waals surface area (Å²) in [7, 11) is 1.60. The lowest BCUT2D eigenvalue weighted by Crippen LogP contribution is -2.26. The summed E-state index contributed by atoms with van der Waals surface area (Å²) in [6.45, 7) is 0.403. The van der Waals surface area contributed by atoms with Gasteiger partial charge in [0, 0.05) is 11.9 Å². The molecule has 0 aliphatic rings. The van der Waals surface area contributed by atoms with Gasteiger partial charge in [-0.2, -0.15) is 0 Å². The van der Waals surface area contributed by atoms with E-state index in [4.69, 9.17) is 11.6 Å². The Kier molecular flexibility index (Phi) is 4.36. The first-order valence-electron chi connectivity index (χ1n) is 5.71. The molecule has 0 aliphatic carbocycles. The summed E-state index contributed by atoms with van der Waals surface area (Å²) in [6, 6.07) is 8.13. The van der Waals surface area contributed by atoms with Crippen molar-refractivity contribution < 1.29 is 9.72 Å². The van der Waals surface area contributed by atoms with Crippen molar-refractivity contribution in [3.63, 3.8) is 0 Å². The summed E-state index contributed by atoms with van der Waals surface area (Å²) < 4.78 is 0. The van der Waals surface area contributed by atoms with Crippen LogP contribution in [-0.2, 0) is 6.54 Å². The van der Waals surface area contributed by atoms with Crippen molar-refractivity contribution >= 4 is 34.5 Å². The Morgan fingerprint density at radius 3 is 2.75 bits per heavy atom. The van der Waals surface area contributed by atoms with Crippen molar-refractivity contribution in [2.24, 2.45) is 0 Å². The molecule has 0 N–H and O–H groups in total. The minimum absolute atomic E-state index is 0.00144. The van der Waals surface area contributed by atoms with Crippen LogP contribution in [0.5, 0.6) is 0 Å². The molecule has 1 amide bonds. The van der Waals surface area contributed by atoms with Crippen molar-refractivity contribution in [3.05, 3.63) is 61.3 Å². The quantitative estimate of drug-likeness (QED) is 0.640. The molecule has 0 aliphatic heterocycles. The maximum absolute atomic E-state index is 12.3. The molecule has 0 saturated heterocycles. The van der Waals surface area contributed by atoms with Crippen molar-refractivity contribution in [1.29, 1.82) is 0 Å². The van der Waals surface area contributed by atoms with Gasteiger partial charge in [-0.3, -0.25) is 14.9 Å². The molecule has 0 atom stereocenters. The number of carbonyl (C=O) groups is 1. The number of rotatable bonds is 4. The number of para-hydroxylation sites is 1. The summed E-state index contributed by atoms with van der Waals surface area (Å²) >= 11 is 7.33. The molecule has 1 heterocycles. The van der Waals surface area contributed by atoms with E-state index in [1.54, 1.807) is 7.05 Å². The van der Waals surface area contributed by atoms with E-state index < -0.39 is 10.8 Å². The second-order valence-electron chi connectivity index (χ2n) is 4.13. The van der Waals surface area contributed by atoms with Gasteiger partial charge in [0.05, 0.1) is 11.5 Å². The van der Waals surface area contributed by atoms with Crippen LogP contribution in [0.1, 0.15) is 15.2 Å². The lowest BCUT2D eigenvalue weighted by molar-refractivity contribution is -0.385. The van der Waals surface area contributed by atoms with Gasteiger partial charge in [0.1, 0.15) is 10.6 Å². The number of nitro groups is 1. The van der Waals surface area contributed by atoms with Crippen molar-refractivity contribution in [2.45, 2.75) is 6.54 Å². The second kappa shape index (κ2) is 6.02. The highest BCUT2D eigenvalue weighted by molar-refractivity contribution is 7.09. The Balaban J connectivity index is 2.29. The molecule has 0 spiro atoms. The number of hydrogen-bond donors (Lipinski definition) is 0. The van der Waals surface area contributed by atoms with E-state index >= 15 is 0 Å². The number of hydrogen-bond acceptors (Lipinski definition) is 4. The van der Waals surface area contributed by atoms with Gasteiger partial charge < -0.3 is 4.90 Å². The number of carbonyl (C=O) groups excluding carboxylic acids is 1. The maximum Gasteiger partial charge on any atom is 0.300 e. The molecular weight excluding hydrogens is 300 g/mol. The van der Waals surface area contributed by atoms with Crippen LogP contribution in [0, 0.1) is 10.1 Å². The fourth-order valence-electron chi connectivity index (χ4n) is 1.79. The summed E-state index contributed by atoms with van der Waals surface area (Å²) in [4.78, 5) is 25.2. The second-order valence-corrected chi connectivity index (χ2v) is 5.57. The zero-order valence-electron chi connectivity index (χ0n) is 10.6. The molecule has 1 aromatic heterocycles. The summed E-state index contributed by atoms with van der Waals surface area (Å²) in [5, 5.41) is 12.9. The van der Waals surface area contributed by atoms with E-state index in [1.807, 2.05) is 17.5 Å². The molecule has 2 rings (SSSR count). The van der Waals surface area contributed by atoms with Crippen molar-refractivity contribution in [2.75, 3.05) is 7.05 Å². The standard InChI is InChI=1S/C13H11ClN2O3S/c1-15(8-9-4-3-7-20-9)13(17)10-5-2-6-11(14)12(10)16(18)19/h2-7H,8H2,1H3. The number of benzene rings is 1. The van der Waals surface area contributed by atoms with Gasteiger partial charge in [-0.05, 0) is 23.6 Å². The smallest absolute Gasteiger partial charge is 0.300 e. The molecule has 0 fully saturated rings. The van der Waals surface area contributed by atoms with Crippen LogP contribution in [-0.4, -0.2) is 22.8 Å².